The number of benzene rings is 1. The Bertz CT molecular complexity index is 269. The molecule has 1 atom stereocenters. The number of rotatable bonds is 1. The normalized spacial score (nSPS) is 11.3. The van der Waals surface area contributed by atoms with Gasteiger partial charge in [0.05, 0.1) is 0 Å². The molecule has 0 radical (unpaired) electrons. The third-order valence-electron chi connectivity index (χ3n) is 2.16. The highest BCUT2D eigenvalue weighted by molar-refractivity contribution is 7.75. The molecule has 0 nitrogen and oxygen atoms in total. The first-order chi connectivity index (χ1) is 5.16. The molecule has 1 rings (SSSR count). The summed E-state index contributed by atoms with van der Waals surface area (Å²) in [6.45, 7) is 6.40. The molecule has 0 N–H and O–H groups in total. The lowest BCUT2D eigenvalue weighted by Gasteiger charge is -2.07. The maximum atomic E-state index is 5.78. The van der Waals surface area contributed by atoms with Crippen molar-refractivity contribution in [1.82, 2.24) is 0 Å². The largest absolute Gasteiger partial charge is 0.0948 e. The van der Waals surface area contributed by atoms with Crippen molar-refractivity contribution in [3.63, 3.8) is 0 Å². The maximum Gasteiger partial charge on any atom is 0.00687 e. The van der Waals surface area contributed by atoms with E-state index >= 15 is 0 Å². The molecule has 11 heavy (non-hydrogen) atoms. The van der Waals surface area contributed by atoms with Gasteiger partial charge in [-0.2, -0.15) is 0 Å². The first-order valence-corrected chi connectivity index (χ1v) is 5.61. The zero-order valence-corrected chi connectivity index (χ0v) is 8.79. The van der Waals surface area contributed by atoms with Gasteiger partial charge in [0, 0.05) is 7.93 Å². The maximum absolute atomic E-state index is 5.78. The van der Waals surface area contributed by atoms with Crippen molar-refractivity contribution in [2.24, 2.45) is 0 Å². The highest BCUT2D eigenvalue weighted by atomic mass is 35.7. The van der Waals surface area contributed by atoms with Gasteiger partial charge in [0.25, 0.3) is 0 Å². The summed E-state index contributed by atoms with van der Waals surface area (Å²) >= 11 is 5.78. The van der Waals surface area contributed by atoms with E-state index in [-0.39, 0.29) is 0 Å². The number of aryl methyl sites for hydroxylation is 1. The van der Waals surface area contributed by atoms with E-state index in [0.29, 0.717) is 7.93 Å². The molecule has 0 fully saturated rings. The SMILES string of the molecule is Cc1ccc(PCl)c(C)c1C. The van der Waals surface area contributed by atoms with Crippen molar-refractivity contribution in [3.8, 4) is 0 Å². The average molecular weight is 187 g/mol. The third kappa shape index (κ3) is 1.75. The predicted molar refractivity (Wildman–Crippen MR) is 54.5 cm³/mol. The zero-order chi connectivity index (χ0) is 8.43. The molecular weight excluding hydrogens is 175 g/mol. The minimum atomic E-state index is 0.394. The van der Waals surface area contributed by atoms with Crippen LogP contribution in [0.2, 0.25) is 0 Å². The molecule has 0 amide bonds. The van der Waals surface area contributed by atoms with Crippen molar-refractivity contribution >= 4 is 24.5 Å². The van der Waals surface area contributed by atoms with Gasteiger partial charge in [-0.15, -0.1) is 0 Å². The Kier molecular flexibility index (Phi) is 2.92. The number of halogens is 1. The van der Waals surface area contributed by atoms with E-state index in [1.54, 1.807) is 0 Å². The smallest absolute Gasteiger partial charge is 0.00687 e. The molecule has 0 saturated carbocycles. The van der Waals surface area contributed by atoms with Gasteiger partial charge in [0.1, 0.15) is 0 Å². The first-order valence-electron chi connectivity index (χ1n) is 3.60. The van der Waals surface area contributed by atoms with Crippen LogP contribution >= 0.6 is 19.2 Å². The summed E-state index contributed by atoms with van der Waals surface area (Å²) in [6.07, 6.45) is 0. The van der Waals surface area contributed by atoms with Crippen LogP contribution in [0.3, 0.4) is 0 Å². The van der Waals surface area contributed by atoms with Crippen LogP contribution in [0.5, 0.6) is 0 Å². The van der Waals surface area contributed by atoms with Crippen molar-refractivity contribution in [2.75, 3.05) is 0 Å². The van der Waals surface area contributed by atoms with Gasteiger partial charge in [-0.25, -0.2) is 0 Å². The van der Waals surface area contributed by atoms with Gasteiger partial charge in [-0.3, -0.25) is 0 Å². The van der Waals surface area contributed by atoms with Crippen LogP contribution in [-0.2, 0) is 0 Å². The first kappa shape index (κ1) is 9.03. The second-order valence-electron chi connectivity index (χ2n) is 2.77. The fourth-order valence-electron chi connectivity index (χ4n) is 1.06. The predicted octanol–water partition coefficient (Wildman–Crippen LogP) is 3.07. The summed E-state index contributed by atoms with van der Waals surface area (Å²) in [5, 5.41) is 1.27. The third-order valence-corrected chi connectivity index (χ3v) is 3.52. The van der Waals surface area contributed by atoms with Crippen LogP contribution in [0.4, 0.5) is 0 Å². The van der Waals surface area contributed by atoms with Crippen molar-refractivity contribution in [3.05, 3.63) is 28.8 Å². The summed E-state index contributed by atoms with van der Waals surface area (Å²) < 4.78 is 0. The lowest BCUT2D eigenvalue weighted by atomic mass is 10.1. The van der Waals surface area contributed by atoms with Crippen LogP contribution in [0.15, 0.2) is 12.1 Å². The van der Waals surface area contributed by atoms with Gasteiger partial charge in [-0.05, 0) is 42.8 Å². The highest BCUT2D eigenvalue weighted by Gasteiger charge is 2.01. The second-order valence-corrected chi connectivity index (χ2v) is 4.07. The molecule has 1 aromatic carbocycles. The molecule has 0 aromatic heterocycles. The van der Waals surface area contributed by atoms with Gasteiger partial charge in [-0.1, -0.05) is 23.4 Å². The minimum Gasteiger partial charge on any atom is -0.0948 e. The van der Waals surface area contributed by atoms with Crippen LogP contribution in [-0.4, -0.2) is 0 Å². The van der Waals surface area contributed by atoms with Gasteiger partial charge < -0.3 is 0 Å². The Morgan fingerprint density at radius 3 is 2.27 bits per heavy atom. The molecule has 0 aliphatic heterocycles. The fourth-order valence-corrected chi connectivity index (χ4v) is 2.15. The molecule has 2 heteroatoms. The monoisotopic (exact) mass is 186 g/mol. The lowest BCUT2D eigenvalue weighted by Crippen LogP contribution is -2.01. The highest BCUT2D eigenvalue weighted by Crippen LogP contribution is 2.21. The topological polar surface area (TPSA) is 0 Å². The second kappa shape index (κ2) is 3.56. The van der Waals surface area contributed by atoms with E-state index < -0.39 is 0 Å². The molecule has 1 aromatic rings. The molecule has 0 heterocycles. The number of hydrogen-bond donors (Lipinski definition) is 0. The summed E-state index contributed by atoms with van der Waals surface area (Å²) in [5.41, 5.74) is 4.06. The summed E-state index contributed by atoms with van der Waals surface area (Å²) in [4.78, 5) is 0. The standard InChI is InChI=1S/C9H12ClP/c1-6-4-5-9(11-10)8(3)7(6)2/h4-5,11H,1-3H3. The molecule has 0 saturated heterocycles. The Balaban J connectivity index is 3.25. The van der Waals surface area contributed by atoms with Crippen molar-refractivity contribution < 1.29 is 0 Å². The van der Waals surface area contributed by atoms with Crippen molar-refractivity contribution in [2.45, 2.75) is 20.8 Å². The van der Waals surface area contributed by atoms with E-state index in [1.807, 2.05) is 0 Å². The lowest BCUT2D eigenvalue weighted by molar-refractivity contribution is 1.29. The quantitative estimate of drug-likeness (QED) is 0.592. The Hall–Kier alpha value is -0.0600. The van der Waals surface area contributed by atoms with Gasteiger partial charge in [0.2, 0.25) is 0 Å². The molecule has 0 bridgehead atoms. The molecule has 0 aliphatic rings. The Morgan fingerprint density at radius 1 is 1.09 bits per heavy atom. The van der Waals surface area contributed by atoms with Crippen LogP contribution in [0.25, 0.3) is 0 Å². The number of hydrogen-bond acceptors (Lipinski definition) is 0. The zero-order valence-electron chi connectivity index (χ0n) is 7.03. The molecular formula is C9H12ClP. The van der Waals surface area contributed by atoms with E-state index in [0.717, 1.165) is 0 Å². The van der Waals surface area contributed by atoms with Gasteiger partial charge in [0.15, 0.2) is 0 Å². The Morgan fingerprint density at radius 2 is 1.73 bits per heavy atom. The summed E-state index contributed by atoms with van der Waals surface area (Å²) in [5.74, 6) is 0. The van der Waals surface area contributed by atoms with Crippen LogP contribution in [0.1, 0.15) is 16.7 Å². The fraction of sp³-hybridized carbons (Fsp3) is 0.333. The molecule has 1 unspecified atom stereocenters. The van der Waals surface area contributed by atoms with E-state index in [9.17, 15) is 0 Å². The van der Waals surface area contributed by atoms with E-state index in [2.05, 4.69) is 32.9 Å². The summed E-state index contributed by atoms with van der Waals surface area (Å²) in [7, 11) is 0.394. The molecule has 60 valence electrons. The average Bonchev–Trinajstić information content (AvgIpc) is 2.01. The minimum absolute atomic E-state index is 0.394. The van der Waals surface area contributed by atoms with E-state index in [4.69, 9.17) is 11.2 Å². The molecule has 0 aliphatic carbocycles. The van der Waals surface area contributed by atoms with E-state index in [1.165, 1.54) is 22.0 Å². The van der Waals surface area contributed by atoms with Crippen LogP contribution in [0, 0.1) is 20.8 Å². The van der Waals surface area contributed by atoms with Crippen molar-refractivity contribution in [1.29, 1.82) is 0 Å². The van der Waals surface area contributed by atoms with Gasteiger partial charge >= 0.3 is 0 Å². The Labute approximate surface area is 74.5 Å². The van der Waals surface area contributed by atoms with Crippen LogP contribution < -0.4 is 5.30 Å². The molecule has 0 spiro atoms. The summed E-state index contributed by atoms with van der Waals surface area (Å²) in [6, 6.07) is 4.25.